The Morgan fingerprint density at radius 1 is 1.30 bits per heavy atom. The summed E-state index contributed by atoms with van der Waals surface area (Å²) in [6, 6.07) is 9.36. The summed E-state index contributed by atoms with van der Waals surface area (Å²) in [6.07, 6.45) is 0.488. The fourth-order valence-electron chi connectivity index (χ4n) is 2.37. The molecule has 0 saturated carbocycles. The monoisotopic (exact) mass is 313 g/mol. The van der Waals surface area contributed by atoms with Gasteiger partial charge in [-0.05, 0) is 0 Å². The number of rotatable bonds is 4. The van der Waals surface area contributed by atoms with Crippen molar-refractivity contribution in [2.75, 3.05) is 7.11 Å². The number of aromatic nitrogens is 3. The van der Waals surface area contributed by atoms with Gasteiger partial charge in [0.15, 0.2) is 0 Å². The minimum atomic E-state index is -0.522. The molecule has 2 aromatic heterocycles. The fraction of sp³-hybridized carbons (Fsp3) is 0.250. The zero-order chi connectivity index (χ0) is 16.4. The first-order valence-corrected chi connectivity index (χ1v) is 7.17. The SMILES string of the molecule is CCc1nc2c(-c3ccccc3)noc2c(=O)n1CC(=O)OC. The zero-order valence-electron chi connectivity index (χ0n) is 12.8. The normalized spacial score (nSPS) is 10.9. The van der Waals surface area contributed by atoms with E-state index in [1.54, 1.807) is 0 Å². The largest absolute Gasteiger partial charge is 0.468 e. The molecule has 3 aromatic rings. The Balaban J connectivity index is 2.22. The third-order valence-electron chi connectivity index (χ3n) is 3.54. The van der Waals surface area contributed by atoms with E-state index in [9.17, 15) is 9.59 Å². The van der Waals surface area contributed by atoms with Crippen LogP contribution in [-0.4, -0.2) is 27.8 Å². The summed E-state index contributed by atoms with van der Waals surface area (Å²) >= 11 is 0. The number of fused-ring (bicyclic) bond motifs is 1. The van der Waals surface area contributed by atoms with Crippen molar-refractivity contribution in [1.29, 1.82) is 0 Å². The first kappa shape index (κ1) is 15.0. The lowest BCUT2D eigenvalue weighted by atomic mass is 10.1. The van der Waals surface area contributed by atoms with Crippen LogP contribution in [0.1, 0.15) is 12.7 Å². The molecular formula is C16H15N3O4. The number of ether oxygens (including phenoxy) is 1. The number of carbonyl (C=O) groups excluding carboxylic acids is 1. The molecule has 3 rings (SSSR count). The Labute approximate surface area is 131 Å². The number of methoxy groups -OCH3 is 1. The summed E-state index contributed by atoms with van der Waals surface area (Å²) in [6.45, 7) is 1.65. The number of hydrogen-bond acceptors (Lipinski definition) is 6. The molecule has 0 spiro atoms. The van der Waals surface area contributed by atoms with Crippen LogP contribution in [0, 0.1) is 0 Å². The highest BCUT2D eigenvalue weighted by Gasteiger charge is 2.20. The van der Waals surface area contributed by atoms with Crippen LogP contribution in [0.15, 0.2) is 39.6 Å². The molecule has 7 heteroatoms. The number of esters is 1. The van der Waals surface area contributed by atoms with E-state index in [0.29, 0.717) is 23.5 Å². The predicted octanol–water partition coefficient (Wildman–Crippen LogP) is 1.79. The van der Waals surface area contributed by atoms with Gasteiger partial charge in [0.2, 0.25) is 0 Å². The molecular weight excluding hydrogens is 298 g/mol. The standard InChI is InChI=1S/C16H15N3O4/c1-3-11-17-14-13(10-7-5-4-6-8-10)18-23-15(14)16(21)19(11)9-12(20)22-2/h4-8H,3,9H2,1-2H3. The van der Waals surface area contributed by atoms with Gasteiger partial charge >= 0.3 is 11.5 Å². The summed E-state index contributed by atoms with van der Waals surface area (Å²) < 4.78 is 11.1. The van der Waals surface area contributed by atoms with Crippen LogP contribution < -0.4 is 5.56 Å². The first-order chi connectivity index (χ1) is 11.2. The number of carbonyl (C=O) groups is 1. The van der Waals surface area contributed by atoms with Gasteiger partial charge in [-0.15, -0.1) is 0 Å². The summed E-state index contributed by atoms with van der Waals surface area (Å²) in [5, 5.41) is 3.98. The van der Waals surface area contributed by atoms with Crippen LogP contribution in [-0.2, 0) is 22.5 Å². The van der Waals surface area contributed by atoms with E-state index in [1.807, 2.05) is 37.3 Å². The van der Waals surface area contributed by atoms with Gasteiger partial charge in [-0.1, -0.05) is 42.4 Å². The number of nitrogens with zero attached hydrogens (tertiary/aromatic N) is 3. The third kappa shape index (κ3) is 2.61. The molecule has 0 unspecified atom stereocenters. The first-order valence-electron chi connectivity index (χ1n) is 7.17. The van der Waals surface area contributed by atoms with Crippen molar-refractivity contribution in [2.24, 2.45) is 0 Å². The van der Waals surface area contributed by atoms with Gasteiger partial charge in [0, 0.05) is 12.0 Å². The lowest BCUT2D eigenvalue weighted by Crippen LogP contribution is -2.28. The Hall–Kier alpha value is -2.96. The van der Waals surface area contributed by atoms with Gasteiger partial charge in [-0.25, -0.2) is 4.98 Å². The fourth-order valence-corrected chi connectivity index (χ4v) is 2.37. The van der Waals surface area contributed by atoms with Gasteiger partial charge in [0.1, 0.15) is 23.6 Å². The maximum absolute atomic E-state index is 12.6. The van der Waals surface area contributed by atoms with E-state index in [4.69, 9.17) is 4.52 Å². The van der Waals surface area contributed by atoms with Crippen molar-refractivity contribution in [3.05, 3.63) is 46.5 Å². The van der Waals surface area contributed by atoms with Crippen LogP contribution in [0.25, 0.3) is 22.4 Å². The molecule has 0 aliphatic carbocycles. The Bertz CT molecular complexity index is 912. The molecule has 0 amide bonds. The lowest BCUT2D eigenvalue weighted by molar-refractivity contribution is -0.141. The molecule has 0 fully saturated rings. The average Bonchev–Trinajstić information content (AvgIpc) is 3.01. The van der Waals surface area contributed by atoms with Crippen LogP contribution in [0.3, 0.4) is 0 Å². The maximum Gasteiger partial charge on any atom is 0.325 e. The van der Waals surface area contributed by atoms with E-state index < -0.39 is 11.5 Å². The molecule has 0 aliphatic heterocycles. The van der Waals surface area contributed by atoms with Crippen molar-refractivity contribution in [2.45, 2.75) is 19.9 Å². The third-order valence-corrected chi connectivity index (χ3v) is 3.54. The predicted molar refractivity (Wildman–Crippen MR) is 82.9 cm³/mol. The Morgan fingerprint density at radius 3 is 2.70 bits per heavy atom. The van der Waals surface area contributed by atoms with Crippen molar-refractivity contribution >= 4 is 17.1 Å². The molecule has 0 aliphatic rings. The summed E-state index contributed by atoms with van der Waals surface area (Å²) in [5.74, 6) is -0.0426. The van der Waals surface area contributed by atoms with Gasteiger partial charge in [-0.3, -0.25) is 14.2 Å². The van der Waals surface area contributed by atoms with E-state index in [1.165, 1.54) is 11.7 Å². The molecule has 23 heavy (non-hydrogen) atoms. The molecule has 118 valence electrons. The number of hydrogen-bond donors (Lipinski definition) is 0. The summed E-state index contributed by atoms with van der Waals surface area (Å²) in [5.41, 5.74) is 1.32. The molecule has 1 aromatic carbocycles. The molecule has 0 saturated heterocycles. The smallest absolute Gasteiger partial charge is 0.325 e. The van der Waals surface area contributed by atoms with Crippen LogP contribution in [0.5, 0.6) is 0 Å². The maximum atomic E-state index is 12.6. The van der Waals surface area contributed by atoms with Crippen molar-refractivity contribution in [1.82, 2.24) is 14.7 Å². The molecule has 0 atom stereocenters. The number of aryl methyl sites for hydroxylation is 1. The van der Waals surface area contributed by atoms with Crippen LogP contribution in [0.2, 0.25) is 0 Å². The van der Waals surface area contributed by atoms with Gasteiger partial charge in [0.05, 0.1) is 7.11 Å². The molecule has 0 bridgehead atoms. The highest BCUT2D eigenvalue weighted by Crippen LogP contribution is 2.24. The Kier molecular flexibility index (Phi) is 3.92. The summed E-state index contributed by atoms with van der Waals surface area (Å²) in [4.78, 5) is 28.6. The second-order valence-corrected chi connectivity index (χ2v) is 4.92. The van der Waals surface area contributed by atoms with Crippen LogP contribution in [0.4, 0.5) is 0 Å². The number of benzene rings is 1. The lowest BCUT2D eigenvalue weighted by Gasteiger charge is -2.09. The second kappa shape index (κ2) is 6.04. The molecule has 2 heterocycles. The minimum Gasteiger partial charge on any atom is -0.468 e. The van der Waals surface area contributed by atoms with E-state index in [2.05, 4.69) is 14.9 Å². The summed E-state index contributed by atoms with van der Waals surface area (Å²) in [7, 11) is 1.27. The van der Waals surface area contributed by atoms with Gasteiger partial charge < -0.3 is 9.26 Å². The van der Waals surface area contributed by atoms with Gasteiger partial charge in [-0.2, -0.15) is 0 Å². The molecule has 0 N–H and O–H groups in total. The molecule has 7 nitrogen and oxygen atoms in total. The van der Waals surface area contributed by atoms with Gasteiger partial charge in [0.25, 0.3) is 5.58 Å². The van der Waals surface area contributed by atoms with Crippen LogP contribution >= 0.6 is 0 Å². The van der Waals surface area contributed by atoms with Crippen molar-refractivity contribution in [3.63, 3.8) is 0 Å². The quantitative estimate of drug-likeness (QED) is 0.682. The Morgan fingerprint density at radius 2 is 2.04 bits per heavy atom. The zero-order valence-corrected chi connectivity index (χ0v) is 12.8. The second-order valence-electron chi connectivity index (χ2n) is 4.92. The van der Waals surface area contributed by atoms with Crippen molar-refractivity contribution in [3.8, 4) is 11.3 Å². The topological polar surface area (TPSA) is 87.2 Å². The highest BCUT2D eigenvalue weighted by atomic mass is 16.5. The molecule has 0 radical (unpaired) electrons. The minimum absolute atomic E-state index is 0.0324. The van der Waals surface area contributed by atoms with E-state index in [0.717, 1.165) is 5.56 Å². The van der Waals surface area contributed by atoms with Crippen molar-refractivity contribution < 1.29 is 14.1 Å². The highest BCUT2D eigenvalue weighted by molar-refractivity contribution is 5.87. The van der Waals surface area contributed by atoms with E-state index >= 15 is 0 Å². The van der Waals surface area contributed by atoms with E-state index in [-0.39, 0.29) is 12.1 Å². The average molecular weight is 313 g/mol.